The van der Waals surface area contributed by atoms with E-state index >= 15 is 0 Å². The van der Waals surface area contributed by atoms with Crippen LogP contribution in [0.15, 0.2) is 0 Å². The van der Waals surface area contributed by atoms with E-state index in [9.17, 15) is 0 Å². The highest BCUT2D eigenvalue weighted by Gasteiger charge is 2.30. The predicted octanol–water partition coefficient (Wildman–Crippen LogP) is 5.57. The van der Waals surface area contributed by atoms with Gasteiger partial charge in [-0.3, -0.25) is 0 Å². The van der Waals surface area contributed by atoms with Crippen molar-refractivity contribution in [2.75, 3.05) is 0 Å². The molecule has 0 heteroatoms. The number of rotatable bonds is 9. The molecule has 2 aliphatic carbocycles. The largest absolute Gasteiger partial charge is 0.102 e. The van der Waals surface area contributed by atoms with Crippen LogP contribution in [0, 0.1) is 29.1 Å². The van der Waals surface area contributed by atoms with Crippen LogP contribution in [0.5, 0.6) is 0 Å². The second kappa shape index (κ2) is 6.65. The van der Waals surface area contributed by atoms with Gasteiger partial charge in [0.2, 0.25) is 0 Å². The highest BCUT2D eigenvalue weighted by Crippen LogP contribution is 2.44. The molecule has 0 spiro atoms. The lowest BCUT2D eigenvalue weighted by Gasteiger charge is -2.38. The Morgan fingerprint density at radius 3 is 2.44 bits per heavy atom. The zero-order chi connectivity index (χ0) is 12.8. The van der Waals surface area contributed by atoms with Gasteiger partial charge in [-0.25, -0.2) is 0 Å². The van der Waals surface area contributed by atoms with Gasteiger partial charge in [-0.15, -0.1) is 5.92 Å². The van der Waals surface area contributed by atoms with Crippen molar-refractivity contribution in [3.63, 3.8) is 0 Å². The molecule has 0 N–H and O–H groups in total. The Kier molecular flexibility index (Phi) is 5.16. The molecule has 18 heavy (non-hydrogen) atoms. The smallest absolute Gasteiger partial charge is 0.0312 e. The van der Waals surface area contributed by atoms with Crippen molar-refractivity contribution in [1.82, 2.24) is 0 Å². The first-order valence-electron chi connectivity index (χ1n) is 8.16. The third-order valence-electron chi connectivity index (χ3n) is 5.19. The van der Waals surface area contributed by atoms with E-state index in [1.165, 1.54) is 70.6 Å². The molecule has 0 nitrogen and oxygen atoms in total. The van der Waals surface area contributed by atoms with Crippen molar-refractivity contribution in [3.8, 4) is 11.8 Å². The first-order valence-corrected chi connectivity index (χ1v) is 8.16. The molecule has 0 aromatic heterocycles. The molecule has 2 rings (SSSR count). The standard InChI is InChI=1S/C18H30/c1-16(9-5-10-17-11-6-12-17)8-3-4-13-18(2)14-7-15-18/h16-17H,3-5,7-11,13-15H2,1-2H3. The lowest BCUT2D eigenvalue weighted by molar-refractivity contribution is 0.140. The molecule has 2 atom stereocenters. The van der Waals surface area contributed by atoms with Gasteiger partial charge < -0.3 is 0 Å². The molecule has 2 aliphatic rings. The highest BCUT2D eigenvalue weighted by atomic mass is 14.4. The molecule has 0 radical (unpaired) electrons. The van der Waals surface area contributed by atoms with E-state index in [0.717, 1.165) is 17.3 Å². The van der Waals surface area contributed by atoms with Crippen molar-refractivity contribution >= 4 is 0 Å². The average Bonchev–Trinajstić information content (AvgIpc) is 2.25. The average molecular weight is 246 g/mol. The maximum Gasteiger partial charge on any atom is 0.0312 e. The summed E-state index contributed by atoms with van der Waals surface area (Å²) in [5.74, 6) is 8.06. The number of unbranched alkanes of at least 4 members (excludes halogenated alkanes) is 1. The topological polar surface area (TPSA) is 0 Å². The van der Waals surface area contributed by atoms with Crippen molar-refractivity contribution in [2.45, 2.75) is 84.5 Å². The summed E-state index contributed by atoms with van der Waals surface area (Å²) in [6.45, 7) is 4.93. The molecule has 0 aromatic carbocycles. The molecule has 102 valence electrons. The molecule has 1 fully saturated rings. The van der Waals surface area contributed by atoms with Crippen LogP contribution < -0.4 is 0 Å². The minimum atomic E-state index is 0.742. The predicted molar refractivity (Wildman–Crippen MR) is 79.3 cm³/mol. The van der Waals surface area contributed by atoms with Crippen LogP contribution in [0.1, 0.15) is 84.5 Å². The Hall–Kier alpha value is -0.440. The summed E-state index contributed by atoms with van der Waals surface area (Å²) in [7, 11) is 0. The molecule has 2 unspecified atom stereocenters. The molecule has 0 saturated heterocycles. The van der Waals surface area contributed by atoms with E-state index in [0.29, 0.717) is 0 Å². The van der Waals surface area contributed by atoms with E-state index in [1.54, 1.807) is 0 Å². The molecule has 0 bridgehead atoms. The molecule has 1 saturated carbocycles. The lowest BCUT2D eigenvalue weighted by Crippen LogP contribution is -2.25. The van der Waals surface area contributed by atoms with Crippen molar-refractivity contribution in [3.05, 3.63) is 0 Å². The summed E-state index contributed by atoms with van der Waals surface area (Å²) in [5.41, 5.74) is 0.742. The molecular weight excluding hydrogens is 216 g/mol. The summed E-state index contributed by atoms with van der Waals surface area (Å²) in [4.78, 5) is 0. The minimum Gasteiger partial charge on any atom is -0.102 e. The fourth-order valence-corrected chi connectivity index (χ4v) is 3.35. The van der Waals surface area contributed by atoms with Gasteiger partial charge in [-0.2, -0.15) is 0 Å². The first-order chi connectivity index (χ1) is 8.68. The SMILES string of the molecule is CC(CCCCC1(C)CCC1)CCCC1C#CC1. The molecule has 0 heterocycles. The fourth-order valence-electron chi connectivity index (χ4n) is 3.35. The zero-order valence-corrected chi connectivity index (χ0v) is 12.4. The van der Waals surface area contributed by atoms with Crippen LogP contribution in [-0.2, 0) is 0 Å². The van der Waals surface area contributed by atoms with Gasteiger partial charge in [0, 0.05) is 12.3 Å². The zero-order valence-electron chi connectivity index (χ0n) is 12.4. The Balaban J connectivity index is 1.42. The van der Waals surface area contributed by atoms with Crippen LogP contribution >= 0.6 is 0 Å². The Bertz CT molecular complexity index is 300. The van der Waals surface area contributed by atoms with Crippen molar-refractivity contribution in [1.29, 1.82) is 0 Å². The van der Waals surface area contributed by atoms with Crippen LogP contribution in [-0.4, -0.2) is 0 Å². The second-order valence-corrected chi connectivity index (χ2v) is 7.17. The minimum absolute atomic E-state index is 0.742. The Morgan fingerprint density at radius 2 is 1.89 bits per heavy atom. The quantitative estimate of drug-likeness (QED) is 0.369. The van der Waals surface area contributed by atoms with Gasteiger partial charge in [0.1, 0.15) is 0 Å². The van der Waals surface area contributed by atoms with E-state index in [4.69, 9.17) is 0 Å². The lowest BCUT2D eigenvalue weighted by atomic mass is 9.67. The third kappa shape index (κ3) is 4.34. The highest BCUT2D eigenvalue weighted by molar-refractivity contribution is 5.16. The van der Waals surface area contributed by atoms with Crippen molar-refractivity contribution in [2.24, 2.45) is 17.3 Å². The third-order valence-corrected chi connectivity index (χ3v) is 5.19. The van der Waals surface area contributed by atoms with Gasteiger partial charge in [-0.05, 0) is 37.0 Å². The van der Waals surface area contributed by atoms with Gasteiger partial charge in [0.05, 0.1) is 0 Å². The summed E-state index contributed by atoms with van der Waals surface area (Å²) < 4.78 is 0. The normalized spacial score (nSPS) is 25.6. The Labute approximate surface area is 114 Å². The molecular formula is C18H30. The first kappa shape index (κ1) is 14.0. The maximum absolute atomic E-state index is 3.25. The number of hydrogen-bond donors (Lipinski definition) is 0. The van der Waals surface area contributed by atoms with Crippen LogP contribution in [0.4, 0.5) is 0 Å². The monoisotopic (exact) mass is 246 g/mol. The van der Waals surface area contributed by atoms with Crippen LogP contribution in [0.25, 0.3) is 0 Å². The van der Waals surface area contributed by atoms with Crippen molar-refractivity contribution < 1.29 is 0 Å². The molecule has 0 aromatic rings. The van der Waals surface area contributed by atoms with E-state index < -0.39 is 0 Å². The van der Waals surface area contributed by atoms with Gasteiger partial charge in [0.25, 0.3) is 0 Å². The molecule has 0 aliphatic heterocycles. The fraction of sp³-hybridized carbons (Fsp3) is 0.889. The summed E-state index contributed by atoms with van der Waals surface area (Å²) >= 11 is 0. The van der Waals surface area contributed by atoms with E-state index in [1.807, 2.05) is 0 Å². The number of hydrogen-bond acceptors (Lipinski definition) is 0. The van der Waals surface area contributed by atoms with E-state index in [-0.39, 0.29) is 0 Å². The van der Waals surface area contributed by atoms with Gasteiger partial charge in [-0.1, -0.05) is 58.3 Å². The molecule has 0 amide bonds. The van der Waals surface area contributed by atoms with Gasteiger partial charge in [0.15, 0.2) is 0 Å². The summed E-state index contributed by atoms with van der Waals surface area (Å²) in [6, 6.07) is 0. The van der Waals surface area contributed by atoms with Crippen LogP contribution in [0.3, 0.4) is 0 Å². The van der Waals surface area contributed by atoms with Gasteiger partial charge >= 0.3 is 0 Å². The van der Waals surface area contributed by atoms with Crippen LogP contribution in [0.2, 0.25) is 0 Å². The maximum atomic E-state index is 3.25. The Morgan fingerprint density at radius 1 is 1.17 bits per heavy atom. The summed E-state index contributed by atoms with van der Waals surface area (Å²) in [5, 5.41) is 0. The second-order valence-electron chi connectivity index (χ2n) is 7.17. The summed E-state index contributed by atoms with van der Waals surface area (Å²) in [6.07, 6.45) is 15.7. The van der Waals surface area contributed by atoms with E-state index in [2.05, 4.69) is 25.7 Å².